The standard InChI is InChI=1S/C19H19NO4S/c1-2-23-15-9-7-14(8-10-15)18(21)20-13-19(22,16-5-3-11-24-16)17-6-4-12-25-17/h3-12,22H,2,13H2,1H3,(H,20,21). The molecule has 0 aliphatic rings. The van der Waals surface area contributed by atoms with E-state index in [2.05, 4.69) is 5.32 Å². The van der Waals surface area contributed by atoms with Gasteiger partial charge in [0, 0.05) is 10.4 Å². The molecule has 2 aromatic heterocycles. The van der Waals surface area contributed by atoms with Crippen molar-refractivity contribution in [2.45, 2.75) is 12.5 Å². The van der Waals surface area contributed by atoms with Crippen molar-refractivity contribution in [3.63, 3.8) is 0 Å². The second-order valence-corrected chi connectivity index (χ2v) is 6.40. The summed E-state index contributed by atoms with van der Waals surface area (Å²) < 4.78 is 10.8. The smallest absolute Gasteiger partial charge is 0.251 e. The Morgan fingerprint density at radius 1 is 1.24 bits per heavy atom. The molecule has 0 saturated heterocycles. The maximum absolute atomic E-state index is 12.4. The van der Waals surface area contributed by atoms with Gasteiger partial charge >= 0.3 is 0 Å². The maximum atomic E-state index is 12.4. The summed E-state index contributed by atoms with van der Waals surface area (Å²) in [7, 11) is 0. The van der Waals surface area contributed by atoms with Crippen molar-refractivity contribution in [2.24, 2.45) is 0 Å². The van der Waals surface area contributed by atoms with Crippen LogP contribution in [0, 0.1) is 0 Å². The Kier molecular flexibility index (Phi) is 5.21. The monoisotopic (exact) mass is 357 g/mol. The SMILES string of the molecule is CCOc1ccc(C(=O)NCC(O)(c2ccco2)c2cccs2)cc1. The van der Waals surface area contributed by atoms with E-state index < -0.39 is 5.60 Å². The van der Waals surface area contributed by atoms with Crippen molar-refractivity contribution in [1.29, 1.82) is 0 Å². The van der Waals surface area contributed by atoms with E-state index in [1.165, 1.54) is 17.6 Å². The lowest BCUT2D eigenvalue weighted by Gasteiger charge is -2.25. The molecule has 1 amide bonds. The van der Waals surface area contributed by atoms with E-state index in [0.717, 1.165) is 0 Å². The molecule has 0 aliphatic heterocycles. The number of carbonyl (C=O) groups is 1. The van der Waals surface area contributed by atoms with Gasteiger partial charge in [-0.1, -0.05) is 6.07 Å². The Labute approximate surface area is 149 Å². The van der Waals surface area contributed by atoms with Crippen molar-refractivity contribution < 1.29 is 19.1 Å². The van der Waals surface area contributed by atoms with Crippen LogP contribution in [0.4, 0.5) is 0 Å². The van der Waals surface area contributed by atoms with E-state index in [-0.39, 0.29) is 12.5 Å². The molecule has 1 atom stereocenters. The van der Waals surface area contributed by atoms with Gasteiger partial charge in [0.1, 0.15) is 11.5 Å². The number of ether oxygens (including phenoxy) is 1. The van der Waals surface area contributed by atoms with Crippen LogP contribution < -0.4 is 10.1 Å². The molecule has 0 aliphatic carbocycles. The quantitative estimate of drug-likeness (QED) is 0.680. The molecule has 130 valence electrons. The summed E-state index contributed by atoms with van der Waals surface area (Å²) >= 11 is 1.41. The van der Waals surface area contributed by atoms with Crippen molar-refractivity contribution >= 4 is 17.2 Å². The number of thiophene rings is 1. The van der Waals surface area contributed by atoms with Crippen LogP contribution in [-0.4, -0.2) is 24.2 Å². The highest BCUT2D eigenvalue weighted by molar-refractivity contribution is 7.10. The summed E-state index contributed by atoms with van der Waals surface area (Å²) in [6, 6.07) is 13.9. The average Bonchev–Trinajstić information content (AvgIpc) is 3.34. The number of benzene rings is 1. The summed E-state index contributed by atoms with van der Waals surface area (Å²) in [5, 5.41) is 15.8. The molecule has 0 saturated carbocycles. The van der Waals surface area contributed by atoms with E-state index in [0.29, 0.717) is 28.6 Å². The first kappa shape index (κ1) is 17.3. The van der Waals surface area contributed by atoms with Crippen LogP contribution in [0.2, 0.25) is 0 Å². The average molecular weight is 357 g/mol. The first-order valence-corrected chi connectivity index (χ1v) is 8.83. The summed E-state index contributed by atoms with van der Waals surface area (Å²) in [6.45, 7) is 2.48. The first-order valence-electron chi connectivity index (χ1n) is 7.95. The molecule has 5 nitrogen and oxygen atoms in total. The van der Waals surface area contributed by atoms with Gasteiger partial charge in [-0.3, -0.25) is 4.79 Å². The van der Waals surface area contributed by atoms with Gasteiger partial charge in [-0.05, 0) is 54.8 Å². The number of hydrogen-bond acceptors (Lipinski definition) is 5. The number of carbonyl (C=O) groups excluding carboxylic acids is 1. The highest BCUT2D eigenvalue weighted by Gasteiger charge is 2.36. The lowest BCUT2D eigenvalue weighted by Crippen LogP contribution is -2.41. The van der Waals surface area contributed by atoms with E-state index >= 15 is 0 Å². The van der Waals surface area contributed by atoms with E-state index in [9.17, 15) is 9.90 Å². The van der Waals surface area contributed by atoms with Gasteiger partial charge in [-0.2, -0.15) is 0 Å². The van der Waals surface area contributed by atoms with Crippen molar-refractivity contribution in [3.05, 3.63) is 76.4 Å². The second kappa shape index (κ2) is 7.55. The molecule has 25 heavy (non-hydrogen) atoms. The Morgan fingerprint density at radius 3 is 2.64 bits per heavy atom. The number of nitrogens with one attached hydrogen (secondary N) is 1. The Hall–Kier alpha value is -2.57. The molecule has 2 heterocycles. The van der Waals surface area contributed by atoms with Crippen molar-refractivity contribution in [2.75, 3.05) is 13.2 Å². The zero-order chi connectivity index (χ0) is 17.7. The molecule has 0 spiro atoms. The molecule has 2 N–H and O–H groups in total. The normalized spacial score (nSPS) is 13.2. The number of amides is 1. The molecule has 0 radical (unpaired) electrons. The third kappa shape index (κ3) is 3.75. The van der Waals surface area contributed by atoms with Gasteiger partial charge in [-0.25, -0.2) is 0 Å². The lowest BCUT2D eigenvalue weighted by molar-refractivity contribution is 0.0554. The van der Waals surface area contributed by atoms with Crippen LogP contribution in [0.15, 0.2) is 64.6 Å². The van der Waals surface area contributed by atoms with Gasteiger partial charge in [0.25, 0.3) is 5.91 Å². The van der Waals surface area contributed by atoms with Gasteiger partial charge in [0.2, 0.25) is 0 Å². The van der Waals surface area contributed by atoms with Crippen LogP contribution in [0.3, 0.4) is 0 Å². The van der Waals surface area contributed by atoms with E-state index in [1.54, 1.807) is 36.4 Å². The molecule has 0 bridgehead atoms. The fourth-order valence-corrected chi connectivity index (χ4v) is 3.33. The fourth-order valence-electron chi connectivity index (χ4n) is 2.50. The van der Waals surface area contributed by atoms with Gasteiger partial charge in [0.15, 0.2) is 5.60 Å². The summed E-state index contributed by atoms with van der Waals surface area (Å²) in [5.74, 6) is 0.830. The highest BCUT2D eigenvalue weighted by Crippen LogP contribution is 2.32. The Bertz CT molecular complexity index is 760. The zero-order valence-electron chi connectivity index (χ0n) is 13.8. The Morgan fingerprint density at radius 2 is 2.04 bits per heavy atom. The fraction of sp³-hybridized carbons (Fsp3) is 0.211. The second-order valence-electron chi connectivity index (χ2n) is 5.45. The minimum atomic E-state index is -1.40. The first-order chi connectivity index (χ1) is 12.1. The third-order valence-electron chi connectivity index (χ3n) is 3.79. The molecule has 0 fully saturated rings. The van der Waals surface area contributed by atoms with Gasteiger partial charge in [0.05, 0.1) is 19.4 Å². The highest BCUT2D eigenvalue weighted by atomic mass is 32.1. The summed E-state index contributed by atoms with van der Waals surface area (Å²) in [5.41, 5.74) is -0.907. The third-order valence-corrected chi connectivity index (χ3v) is 4.81. The van der Waals surface area contributed by atoms with Crippen LogP contribution in [0.25, 0.3) is 0 Å². The molecule has 1 aromatic carbocycles. The van der Waals surface area contributed by atoms with E-state index in [4.69, 9.17) is 9.15 Å². The van der Waals surface area contributed by atoms with Crippen LogP contribution in [0.5, 0.6) is 5.75 Å². The van der Waals surface area contributed by atoms with Crippen LogP contribution in [0.1, 0.15) is 27.9 Å². The van der Waals surface area contributed by atoms with Crippen LogP contribution in [-0.2, 0) is 5.60 Å². The van der Waals surface area contributed by atoms with Gasteiger partial charge < -0.3 is 19.6 Å². The molecular formula is C19H19NO4S. The number of hydrogen-bond donors (Lipinski definition) is 2. The molecule has 3 rings (SSSR count). The lowest BCUT2D eigenvalue weighted by atomic mass is 9.98. The predicted octanol–water partition coefficient (Wildman–Crippen LogP) is 3.41. The number of rotatable bonds is 7. The largest absolute Gasteiger partial charge is 0.494 e. The van der Waals surface area contributed by atoms with Crippen molar-refractivity contribution in [1.82, 2.24) is 5.32 Å². The topological polar surface area (TPSA) is 71.7 Å². The summed E-state index contributed by atoms with van der Waals surface area (Å²) in [6.07, 6.45) is 1.50. The maximum Gasteiger partial charge on any atom is 0.251 e. The number of aliphatic hydroxyl groups is 1. The number of furan rings is 1. The molecule has 1 unspecified atom stereocenters. The summed E-state index contributed by atoms with van der Waals surface area (Å²) in [4.78, 5) is 13.1. The van der Waals surface area contributed by atoms with E-state index in [1.807, 2.05) is 24.4 Å². The minimum Gasteiger partial charge on any atom is -0.494 e. The zero-order valence-corrected chi connectivity index (χ0v) is 14.6. The van der Waals surface area contributed by atoms with Gasteiger partial charge in [-0.15, -0.1) is 11.3 Å². The molecular weight excluding hydrogens is 338 g/mol. The van der Waals surface area contributed by atoms with Crippen molar-refractivity contribution in [3.8, 4) is 5.75 Å². The molecule has 3 aromatic rings. The Balaban J connectivity index is 1.74. The minimum absolute atomic E-state index is 0.00702. The predicted molar refractivity (Wildman–Crippen MR) is 96.0 cm³/mol. The van der Waals surface area contributed by atoms with Crippen LogP contribution >= 0.6 is 11.3 Å². The molecule has 6 heteroatoms.